The minimum absolute atomic E-state index is 0.151. The van der Waals surface area contributed by atoms with Gasteiger partial charge in [-0.1, -0.05) is 0 Å². The van der Waals surface area contributed by atoms with E-state index in [4.69, 9.17) is 24.2 Å². The third-order valence-corrected chi connectivity index (χ3v) is 6.75. The maximum absolute atomic E-state index is 5.91. The molecule has 0 bridgehead atoms. The fraction of sp³-hybridized carbons (Fsp3) is 0.500. The summed E-state index contributed by atoms with van der Waals surface area (Å²) >= 11 is 1.71. The fourth-order valence-electron chi connectivity index (χ4n) is 4.16. The first kappa shape index (κ1) is 20.4. The number of hydrogen-bond acceptors (Lipinski definition) is 9. The van der Waals surface area contributed by atoms with Crippen molar-refractivity contribution in [1.29, 1.82) is 0 Å². The lowest BCUT2D eigenvalue weighted by Crippen LogP contribution is -2.46. The van der Waals surface area contributed by atoms with E-state index in [0.717, 1.165) is 58.6 Å². The highest BCUT2D eigenvalue weighted by atomic mass is 32.1. The standard InChI is InChI=1S/C22H27N5O3S/c1-14-12-27(13-15(2)30-14)22-24-17-10-18(16-4-5-19(28-3)23-11-16)31-20(17)21(25-22)26-6-8-29-9-7-26/h4-5,10-11,14-15H,6-9,12-13H2,1-3H3/t14-,15+. The van der Waals surface area contributed by atoms with Gasteiger partial charge in [0.2, 0.25) is 11.8 Å². The normalized spacial score (nSPS) is 22.2. The number of pyridine rings is 1. The maximum Gasteiger partial charge on any atom is 0.228 e. The molecule has 9 heteroatoms. The lowest BCUT2D eigenvalue weighted by atomic mass is 10.2. The SMILES string of the molecule is COc1ccc(-c2cc3nc(N4C[C@@H](C)O[C@@H](C)C4)nc(N4CCOCC4)c3s2)cn1. The van der Waals surface area contributed by atoms with Gasteiger partial charge in [-0.2, -0.15) is 4.98 Å². The van der Waals surface area contributed by atoms with E-state index < -0.39 is 0 Å². The molecule has 0 saturated carbocycles. The van der Waals surface area contributed by atoms with Gasteiger partial charge in [0.05, 0.1) is 42.7 Å². The van der Waals surface area contributed by atoms with Crippen LogP contribution in [0.4, 0.5) is 11.8 Å². The van der Waals surface area contributed by atoms with Crippen LogP contribution in [0.3, 0.4) is 0 Å². The van der Waals surface area contributed by atoms with Crippen LogP contribution < -0.4 is 14.5 Å². The van der Waals surface area contributed by atoms with E-state index in [0.29, 0.717) is 19.1 Å². The van der Waals surface area contributed by atoms with Crippen LogP contribution in [0.5, 0.6) is 5.88 Å². The molecule has 0 aromatic carbocycles. The summed E-state index contributed by atoms with van der Waals surface area (Å²) in [6.45, 7) is 8.88. The Bertz CT molecular complexity index is 1040. The molecule has 31 heavy (non-hydrogen) atoms. The van der Waals surface area contributed by atoms with Crippen molar-refractivity contribution >= 4 is 33.3 Å². The number of morpholine rings is 2. The molecule has 0 aliphatic carbocycles. The molecule has 2 saturated heterocycles. The quantitative estimate of drug-likeness (QED) is 0.611. The zero-order valence-corrected chi connectivity index (χ0v) is 18.9. The predicted octanol–water partition coefficient (Wildman–Crippen LogP) is 3.21. The molecule has 0 unspecified atom stereocenters. The molecule has 0 spiro atoms. The summed E-state index contributed by atoms with van der Waals surface area (Å²) in [4.78, 5) is 20.1. The molecular formula is C22H27N5O3S. The van der Waals surface area contributed by atoms with Gasteiger partial charge in [0.25, 0.3) is 0 Å². The number of methoxy groups -OCH3 is 1. The van der Waals surface area contributed by atoms with E-state index in [-0.39, 0.29) is 12.2 Å². The van der Waals surface area contributed by atoms with Crippen molar-refractivity contribution in [3.63, 3.8) is 0 Å². The Morgan fingerprint density at radius 2 is 1.84 bits per heavy atom. The monoisotopic (exact) mass is 441 g/mol. The van der Waals surface area contributed by atoms with Crippen molar-refractivity contribution < 1.29 is 14.2 Å². The lowest BCUT2D eigenvalue weighted by molar-refractivity contribution is -0.00569. The molecule has 3 aromatic heterocycles. The van der Waals surface area contributed by atoms with Crippen LogP contribution >= 0.6 is 11.3 Å². The average molecular weight is 442 g/mol. The first-order valence-electron chi connectivity index (χ1n) is 10.7. The molecule has 5 rings (SSSR count). The molecule has 5 heterocycles. The van der Waals surface area contributed by atoms with Gasteiger partial charge in [-0.05, 0) is 26.0 Å². The van der Waals surface area contributed by atoms with E-state index in [1.165, 1.54) is 0 Å². The zero-order chi connectivity index (χ0) is 21.4. The van der Waals surface area contributed by atoms with Crippen molar-refractivity contribution in [2.45, 2.75) is 26.1 Å². The largest absolute Gasteiger partial charge is 0.481 e. The van der Waals surface area contributed by atoms with Crippen LogP contribution in [0.25, 0.3) is 20.7 Å². The summed E-state index contributed by atoms with van der Waals surface area (Å²) in [5.41, 5.74) is 2.01. The Labute approximate surface area is 185 Å². The molecule has 8 nitrogen and oxygen atoms in total. The first-order chi connectivity index (χ1) is 15.1. The maximum atomic E-state index is 5.91. The van der Waals surface area contributed by atoms with Crippen molar-refractivity contribution in [1.82, 2.24) is 15.0 Å². The first-order valence-corrected chi connectivity index (χ1v) is 11.5. The van der Waals surface area contributed by atoms with Gasteiger partial charge in [-0.25, -0.2) is 9.97 Å². The van der Waals surface area contributed by atoms with Crippen LogP contribution in [0, 0.1) is 0 Å². The number of anilines is 2. The van der Waals surface area contributed by atoms with Gasteiger partial charge in [0.15, 0.2) is 5.82 Å². The Morgan fingerprint density at radius 1 is 1.06 bits per heavy atom. The number of fused-ring (bicyclic) bond motifs is 1. The molecule has 2 aliphatic rings. The molecule has 0 N–H and O–H groups in total. The summed E-state index contributed by atoms with van der Waals surface area (Å²) in [7, 11) is 1.63. The van der Waals surface area contributed by atoms with Crippen LogP contribution in [-0.4, -0.2) is 73.7 Å². The Kier molecular flexibility index (Phi) is 5.64. The Hall–Kier alpha value is -2.49. The summed E-state index contributed by atoms with van der Waals surface area (Å²) < 4.78 is 17.8. The third kappa shape index (κ3) is 4.17. The van der Waals surface area contributed by atoms with Gasteiger partial charge in [-0.3, -0.25) is 0 Å². The van der Waals surface area contributed by atoms with Crippen LogP contribution in [-0.2, 0) is 9.47 Å². The van der Waals surface area contributed by atoms with Crippen molar-refractivity contribution in [3.05, 3.63) is 24.4 Å². The highest BCUT2D eigenvalue weighted by Crippen LogP contribution is 2.39. The fourth-order valence-corrected chi connectivity index (χ4v) is 5.27. The molecule has 3 aromatic rings. The minimum atomic E-state index is 0.151. The summed E-state index contributed by atoms with van der Waals surface area (Å²) in [5, 5.41) is 0. The number of aromatic nitrogens is 3. The number of hydrogen-bond donors (Lipinski definition) is 0. The third-order valence-electron chi connectivity index (χ3n) is 5.58. The second-order valence-corrected chi connectivity index (χ2v) is 9.08. The predicted molar refractivity (Wildman–Crippen MR) is 122 cm³/mol. The number of nitrogens with zero attached hydrogens (tertiary/aromatic N) is 5. The summed E-state index contributed by atoms with van der Waals surface area (Å²) in [6.07, 6.45) is 2.15. The van der Waals surface area contributed by atoms with Gasteiger partial charge >= 0.3 is 0 Å². The molecule has 164 valence electrons. The van der Waals surface area contributed by atoms with Crippen molar-refractivity contribution in [3.8, 4) is 16.3 Å². The van der Waals surface area contributed by atoms with Gasteiger partial charge < -0.3 is 24.0 Å². The second-order valence-electron chi connectivity index (χ2n) is 8.02. The number of ether oxygens (including phenoxy) is 3. The summed E-state index contributed by atoms with van der Waals surface area (Å²) in [6, 6.07) is 6.06. The van der Waals surface area contributed by atoms with Crippen LogP contribution in [0.1, 0.15) is 13.8 Å². The van der Waals surface area contributed by atoms with E-state index >= 15 is 0 Å². The topological polar surface area (TPSA) is 72.8 Å². The Morgan fingerprint density at radius 3 is 2.52 bits per heavy atom. The average Bonchev–Trinajstić information content (AvgIpc) is 3.23. The van der Waals surface area contributed by atoms with Crippen molar-refractivity contribution in [2.24, 2.45) is 0 Å². The van der Waals surface area contributed by atoms with E-state index in [1.54, 1.807) is 18.4 Å². The van der Waals surface area contributed by atoms with Gasteiger partial charge in [0, 0.05) is 48.9 Å². The number of thiophene rings is 1. The van der Waals surface area contributed by atoms with Gasteiger partial charge in [-0.15, -0.1) is 11.3 Å². The van der Waals surface area contributed by atoms with Crippen molar-refractivity contribution in [2.75, 3.05) is 56.3 Å². The molecular weight excluding hydrogens is 414 g/mol. The zero-order valence-electron chi connectivity index (χ0n) is 18.1. The molecule has 0 radical (unpaired) electrons. The Balaban J connectivity index is 1.58. The molecule has 2 atom stereocenters. The number of rotatable bonds is 4. The molecule has 2 fully saturated rings. The van der Waals surface area contributed by atoms with Crippen LogP contribution in [0.2, 0.25) is 0 Å². The van der Waals surface area contributed by atoms with E-state index in [1.807, 2.05) is 18.3 Å². The second kappa shape index (κ2) is 8.57. The highest BCUT2D eigenvalue weighted by Gasteiger charge is 2.27. The minimum Gasteiger partial charge on any atom is -0.481 e. The molecule has 0 amide bonds. The van der Waals surface area contributed by atoms with Crippen LogP contribution in [0.15, 0.2) is 24.4 Å². The van der Waals surface area contributed by atoms with E-state index in [2.05, 4.69) is 34.7 Å². The lowest BCUT2D eigenvalue weighted by Gasteiger charge is -2.36. The van der Waals surface area contributed by atoms with E-state index in [9.17, 15) is 0 Å². The molecule has 2 aliphatic heterocycles. The highest BCUT2D eigenvalue weighted by molar-refractivity contribution is 7.22. The van der Waals surface area contributed by atoms with Gasteiger partial charge in [0.1, 0.15) is 0 Å². The summed E-state index contributed by atoms with van der Waals surface area (Å²) in [5.74, 6) is 2.37. The smallest absolute Gasteiger partial charge is 0.228 e.